The topological polar surface area (TPSA) is 37.1 Å². The third-order valence-electron chi connectivity index (χ3n) is 3.05. The van der Waals surface area contributed by atoms with Crippen molar-refractivity contribution >= 4 is 29.4 Å². The van der Waals surface area contributed by atoms with E-state index in [1.54, 1.807) is 23.0 Å². The van der Waals surface area contributed by atoms with E-state index in [1.165, 1.54) is 11.8 Å². The average molecular weight is 284 g/mol. The third kappa shape index (κ3) is 2.32. The Balaban J connectivity index is 1.89. The number of anilines is 1. The van der Waals surface area contributed by atoms with Gasteiger partial charge in [-0.2, -0.15) is 4.57 Å². The molecule has 0 spiro atoms. The summed E-state index contributed by atoms with van der Waals surface area (Å²) in [6.07, 6.45) is 5.34. The van der Waals surface area contributed by atoms with Crippen LogP contribution in [0.25, 0.3) is 6.08 Å². The maximum Gasteiger partial charge on any atom is 0.372 e. The van der Waals surface area contributed by atoms with Gasteiger partial charge >= 0.3 is 11.1 Å². The van der Waals surface area contributed by atoms with Crippen LogP contribution in [-0.2, 0) is 0 Å². The van der Waals surface area contributed by atoms with Gasteiger partial charge in [0.05, 0.1) is 0 Å². The lowest BCUT2D eigenvalue weighted by atomic mass is 10.2. The third-order valence-corrected chi connectivity index (χ3v) is 4.05. The fourth-order valence-corrected chi connectivity index (χ4v) is 2.89. The largest absolute Gasteiger partial charge is 0.378 e. The van der Waals surface area contributed by atoms with Gasteiger partial charge in [-0.1, -0.05) is 12.1 Å². The Morgan fingerprint density at radius 3 is 2.65 bits per heavy atom. The predicted molar refractivity (Wildman–Crippen MR) is 79.7 cm³/mol. The Morgan fingerprint density at radius 1 is 1.25 bits per heavy atom. The second-order valence-electron chi connectivity index (χ2n) is 4.67. The van der Waals surface area contributed by atoms with E-state index in [0.717, 1.165) is 11.3 Å². The van der Waals surface area contributed by atoms with Crippen LogP contribution in [0.1, 0.15) is 10.4 Å². The molecule has 2 aromatic rings. The van der Waals surface area contributed by atoms with E-state index in [0.29, 0.717) is 10.1 Å². The van der Waals surface area contributed by atoms with Gasteiger partial charge in [0.2, 0.25) is 0 Å². The summed E-state index contributed by atoms with van der Waals surface area (Å²) in [7, 11) is 4.01. The van der Waals surface area contributed by atoms with E-state index in [4.69, 9.17) is 0 Å². The Kier molecular flexibility index (Phi) is 3.28. The lowest BCUT2D eigenvalue weighted by Gasteiger charge is -2.11. The molecule has 5 heteroatoms. The Morgan fingerprint density at radius 2 is 2.00 bits per heavy atom. The Labute approximate surface area is 121 Å². The first-order valence-electron chi connectivity index (χ1n) is 6.23. The number of carbonyl (C=O) groups excluding carboxylic acids is 1. The summed E-state index contributed by atoms with van der Waals surface area (Å²) in [4.78, 5) is 19.1. The number of benzene rings is 1. The molecule has 0 saturated heterocycles. The van der Waals surface area contributed by atoms with Crippen LogP contribution in [0.4, 0.5) is 5.69 Å². The Bertz CT molecular complexity index is 693. The van der Waals surface area contributed by atoms with Gasteiger partial charge in [-0.05, 0) is 28.8 Å². The van der Waals surface area contributed by atoms with Crippen molar-refractivity contribution in [2.75, 3.05) is 19.0 Å². The molecule has 1 aliphatic heterocycles. The maximum atomic E-state index is 12.2. The summed E-state index contributed by atoms with van der Waals surface area (Å²) in [5.74, 6) is -0.0187. The summed E-state index contributed by atoms with van der Waals surface area (Å²) in [5.41, 5.74) is 2.15. The molecule has 0 atom stereocenters. The van der Waals surface area contributed by atoms with E-state index in [9.17, 15) is 4.79 Å². The number of rotatable bonds is 2. The number of nitrogens with zero attached hydrogens (tertiary/aromatic N) is 3. The van der Waals surface area contributed by atoms with Gasteiger partial charge in [-0.25, -0.2) is 4.79 Å². The molecule has 1 aliphatic rings. The minimum absolute atomic E-state index is 0.0187. The van der Waals surface area contributed by atoms with E-state index in [-0.39, 0.29) is 5.91 Å². The SMILES string of the molecule is CN(C)c1ccc(C=C2Sc3nccc[n+]3C2=O)cc1. The number of aromatic nitrogens is 2. The Hall–Kier alpha value is -2.14. The van der Waals surface area contributed by atoms with Crippen LogP contribution in [0.15, 0.2) is 52.8 Å². The first kappa shape index (κ1) is 12.9. The van der Waals surface area contributed by atoms with Crippen molar-refractivity contribution in [1.82, 2.24) is 4.98 Å². The number of hydrogen-bond donors (Lipinski definition) is 0. The van der Waals surface area contributed by atoms with Crippen molar-refractivity contribution in [3.63, 3.8) is 0 Å². The molecule has 0 unspecified atom stereocenters. The number of carbonyl (C=O) groups is 1. The highest BCUT2D eigenvalue weighted by molar-refractivity contribution is 8.04. The molecule has 0 radical (unpaired) electrons. The zero-order valence-corrected chi connectivity index (χ0v) is 12.1. The van der Waals surface area contributed by atoms with Gasteiger partial charge in [0.15, 0.2) is 0 Å². The quantitative estimate of drug-likeness (QED) is 0.481. The molecule has 0 saturated carbocycles. The molecule has 0 fully saturated rings. The number of hydrogen-bond acceptors (Lipinski definition) is 4. The van der Waals surface area contributed by atoms with Crippen LogP contribution in [-0.4, -0.2) is 25.0 Å². The highest BCUT2D eigenvalue weighted by Gasteiger charge is 2.33. The van der Waals surface area contributed by atoms with Gasteiger partial charge < -0.3 is 4.90 Å². The fraction of sp³-hybridized carbons (Fsp3) is 0.133. The number of fused-ring (bicyclic) bond motifs is 1. The molecule has 3 rings (SSSR count). The van der Waals surface area contributed by atoms with E-state index < -0.39 is 0 Å². The second-order valence-corrected chi connectivity index (χ2v) is 5.68. The minimum atomic E-state index is -0.0187. The molecule has 20 heavy (non-hydrogen) atoms. The summed E-state index contributed by atoms with van der Waals surface area (Å²) >= 11 is 1.40. The van der Waals surface area contributed by atoms with Gasteiger partial charge in [0.25, 0.3) is 0 Å². The van der Waals surface area contributed by atoms with Crippen molar-refractivity contribution < 1.29 is 9.36 Å². The maximum absolute atomic E-state index is 12.2. The lowest BCUT2D eigenvalue weighted by Crippen LogP contribution is -2.40. The molecule has 4 nitrogen and oxygen atoms in total. The van der Waals surface area contributed by atoms with Crippen molar-refractivity contribution in [3.8, 4) is 0 Å². The van der Waals surface area contributed by atoms with E-state index >= 15 is 0 Å². The van der Waals surface area contributed by atoms with Crippen LogP contribution < -0.4 is 9.47 Å². The van der Waals surface area contributed by atoms with Gasteiger partial charge in [0.1, 0.15) is 17.3 Å². The van der Waals surface area contributed by atoms with Gasteiger partial charge in [-0.3, -0.25) is 0 Å². The standard InChI is InChI=1S/C15H14N3OS/c1-17(2)12-6-4-11(5-7-12)10-13-14(19)18-9-3-8-16-15(18)20-13/h3-10H,1-2H3/q+1. The fourth-order valence-electron chi connectivity index (χ4n) is 1.96. The zero-order chi connectivity index (χ0) is 14.1. The van der Waals surface area contributed by atoms with E-state index in [2.05, 4.69) is 4.98 Å². The van der Waals surface area contributed by atoms with Gasteiger partial charge in [-0.15, -0.1) is 0 Å². The second kappa shape index (κ2) is 5.09. The van der Waals surface area contributed by atoms with Crippen molar-refractivity contribution in [2.45, 2.75) is 5.16 Å². The molecule has 100 valence electrons. The molecule has 0 bridgehead atoms. The molecular weight excluding hydrogens is 270 g/mol. The first-order chi connectivity index (χ1) is 9.65. The first-order valence-corrected chi connectivity index (χ1v) is 7.05. The summed E-state index contributed by atoms with van der Waals surface area (Å²) < 4.78 is 1.57. The van der Waals surface area contributed by atoms with Crippen LogP contribution in [0.2, 0.25) is 0 Å². The molecule has 2 heterocycles. The minimum Gasteiger partial charge on any atom is -0.378 e. The lowest BCUT2D eigenvalue weighted by molar-refractivity contribution is -0.612. The molecule has 0 N–H and O–H groups in total. The van der Waals surface area contributed by atoms with Crippen LogP contribution >= 0.6 is 11.8 Å². The summed E-state index contributed by atoms with van der Waals surface area (Å²) in [6, 6.07) is 9.86. The predicted octanol–water partition coefficient (Wildman–Crippen LogP) is 2.22. The number of allylic oxidation sites excluding steroid dienone is 1. The average Bonchev–Trinajstić information content (AvgIpc) is 2.77. The molecule has 1 aromatic heterocycles. The molecular formula is C15H14N3OS+. The summed E-state index contributed by atoms with van der Waals surface area (Å²) in [5, 5.41) is 0.716. The molecule has 0 aliphatic carbocycles. The van der Waals surface area contributed by atoms with Crippen LogP contribution in [0.3, 0.4) is 0 Å². The smallest absolute Gasteiger partial charge is 0.372 e. The number of thioether (sulfide) groups is 1. The van der Waals surface area contributed by atoms with Crippen LogP contribution in [0.5, 0.6) is 0 Å². The monoisotopic (exact) mass is 284 g/mol. The van der Waals surface area contributed by atoms with E-state index in [1.807, 2.05) is 49.3 Å². The van der Waals surface area contributed by atoms with Crippen molar-refractivity contribution in [3.05, 3.63) is 53.2 Å². The summed E-state index contributed by atoms with van der Waals surface area (Å²) in [6.45, 7) is 0. The zero-order valence-electron chi connectivity index (χ0n) is 11.3. The van der Waals surface area contributed by atoms with Gasteiger partial charge in [0, 0.05) is 37.6 Å². The molecule has 1 aromatic carbocycles. The van der Waals surface area contributed by atoms with Crippen LogP contribution in [0, 0.1) is 0 Å². The van der Waals surface area contributed by atoms with Crippen molar-refractivity contribution in [2.24, 2.45) is 0 Å². The molecule has 0 amide bonds. The normalized spacial score (nSPS) is 15.5. The highest BCUT2D eigenvalue weighted by atomic mass is 32.2. The highest BCUT2D eigenvalue weighted by Crippen LogP contribution is 2.29. The van der Waals surface area contributed by atoms with Crippen molar-refractivity contribution in [1.29, 1.82) is 0 Å².